The lowest BCUT2D eigenvalue weighted by Gasteiger charge is -2.10. The summed E-state index contributed by atoms with van der Waals surface area (Å²) in [5, 5.41) is 0.890. The zero-order chi connectivity index (χ0) is 15.2. The van der Waals surface area contributed by atoms with E-state index >= 15 is 0 Å². The molecule has 0 spiro atoms. The number of amidine groups is 1. The Bertz CT molecular complexity index is 672. The maximum Gasteiger partial charge on any atom is 0.196 e. The molecule has 0 atom stereocenters. The van der Waals surface area contributed by atoms with E-state index in [4.69, 9.17) is 23.2 Å². The molecule has 0 unspecified atom stereocenters. The van der Waals surface area contributed by atoms with Crippen LogP contribution in [-0.2, 0) is 4.79 Å². The maximum atomic E-state index is 11.6. The largest absolute Gasteiger partial charge is 0.300 e. The van der Waals surface area contributed by atoms with Crippen molar-refractivity contribution < 1.29 is 4.79 Å². The van der Waals surface area contributed by atoms with Crippen LogP contribution in [0.2, 0.25) is 10.0 Å². The third-order valence-corrected chi connectivity index (χ3v) is 3.11. The number of Topliss-reactive ketones (excluding diaryl/α,β-unsaturated/α-hetero) is 1. The molecule has 2 N–H and O–H groups in total. The number of hydrazine groups is 1. The molecule has 0 aliphatic heterocycles. The molecule has 0 heterocycles. The van der Waals surface area contributed by atoms with Crippen LogP contribution in [0.5, 0.6) is 0 Å². The number of halogens is 2. The van der Waals surface area contributed by atoms with Gasteiger partial charge in [0.15, 0.2) is 11.6 Å². The molecule has 2 aromatic carbocycles. The number of aliphatic imine (C=N–C) groups is 1. The van der Waals surface area contributed by atoms with Crippen molar-refractivity contribution in [1.29, 1.82) is 0 Å². The van der Waals surface area contributed by atoms with E-state index in [1.807, 2.05) is 30.3 Å². The summed E-state index contributed by atoms with van der Waals surface area (Å²) in [5.41, 5.74) is 6.97. The second-order valence-electron chi connectivity index (χ2n) is 4.23. The van der Waals surface area contributed by atoms with Crippen LogP contribution in [0, 0.1) is 0 Å². The Morgan fingerprint density at radius 1 is 1.10 bits per heavy atom. The van der Waals surface area contributed by atoms with E-state index in [9.17, 15) is 4.79 Å². The second-order valence-corrected chi connectivity index (χ2v) is 5.07. The fourth-order valence-electron chi connectivity index (χ4n) is 1.54. The average Bonchev–Trinajstić information content (AvgIpc) is 2.46. The van der Waals surface area contributed by atoms with Crippen molar-refractivity contribution in [2.75, 3.05) is 5.43 Å². The summed E-state index contributed by atoms with van der Waals surface area (Å²) < 4.78 is 0. The molecule has 0 amide bonds. The number of hydrogen-bond donors (Lipinski definition) is 2. The van der Waals surface area contributed by atoms with Gasteiger partial charge in [0.2, 0.25) is 0 Å². The molecule has 0 aromatic heterocycles. The van der Waals surface area contributed by atoms with Crippen molar-refractivity contribution in [3.8, 4) is 0 Å². The highest BCUT2D eigenvalue weighted by molar-refractivity contribution is 6.40. The number of benzene rings is 2. The Hall–Kier alpha value is -2.04. The SMILES string of the molecule is CC(=O)C(=Nc1ccc(Cl)cc1Cl)NNc1ccccc1. The van der Waals surface area contributed by atoms with Gasteiger partial charge in [-0.05, 0) is 30.3 Å². The van der Waals surface area contributed by atoms with Crippen molar-refractivity contribution in [3.63, 3.8) is 0 Å². The van der Waals surface area contributed by atoms with Crippen LogP contribution in [0.3, 0.4) is 0 Å². The molecule has 21 heavy (non-hydrogen) atoms. The number of rotatable bonds is 4. The van der Waals surface area contributed by atoms with E-state index in [1.165, 1.54) is 6.92 Å². The van der Waals surface area contributed by atoms with Crippen LogP contribution in [0.25, 0.3) is 0 Å². The number of carbonyl (C=O) groups is 1. The normalized spacial score (nSPS) is 11.1. The molecule has 0 aliphatic carbocycles. The Balaban J connectivity index is 2.18. The minimum Gasteiger partial charge on any atom is -0.300 e. The second kappa shape index (κ2) is 7.11. The van der Waals surface area contributed by atoms with Gasteiger partial charge in [-0.1, -0.05) is 41.4 Å². The summed E-state index contributed by atoms with van der Waals surface area (Å²) in [6.45, 7) is 1.42. The fourth-order valence-corrected chi connectivity index (χ4v) is 1.99. The van der Waals surface area contributed by atoms with E-state index in [2.05, 4.69) is 15.8 Å². The van der Waals surface area contributed by atoms with Crippen LogP contribution >= 0.6 is 23.2 Å². The maximum absolute atomic E-state index is 11.6. The predicted molar refractivity (Wildman–Crippen MR) is 87.4 cm³/mol. The van der Waals surface area contributed by atoms with E-state index in [-0.39, 0.29) is 11.6 Å². The molecular formula is C15H13Cl2N3O. The summed E-state index contributed by atoms with van der Waals surface area (Å²) >= 11 is 11.9. The third kappa shape index (κ3) is 4.48. The van der Waals surface area contributed by atoms with Crippen molar-refractivity contribution >= 4 is 46.2 Å². The molecule has 2 aromatic rings. The summed E-state index contributed by atoms with van der Waals surface area (Å²) in [6, 6.07) is 14.3. The number of para-hydroxylation sites is 1. The number of nitrogens with one attached hydrogen (secondary N) is 2. The van der Waals surface area contributed by atoms with Crippen LogP contribution in [0.15, 0.2) is 53.5 Å². The van der Waals surface area contributed by atoms with Crippen molar-refractivity contribution in [2.45, 2.75) is 6.92 Å². The van der Waals surface area contributed by atoms with Crippen molar-refractivity contribution in [3.05, 3.63) is 58.6 Å². The number of carbonyl (C=O) groups excluding carboxylic acids is 1. The molecular weight excluding hydrogens is 309 g/mol. The molecule has 0 saturated heterocycles. The molecule has 0 fully saturated rings. The lowest BCUT2D eigenvalue weighted by Crippen LogP contribution is -2.34. The van der Waals surface area contributed by atoms with Crippen molar-refractivity contribution in [1.82, 2.24) is 5.43 Å². The van der Waals surface area contributed by atoms with E-state index < -0.39 is 0 Å². The van der Waals surface area contributed by atoms with Gasteiger partial charge >= 0.3 is 0 Å². The minimum absolute atomic E-state index is 0.156. The lowest BCUT2D eigenvalue weighted by atomic mass is 10.3. The van der Waals surface area contributed by atoms with Crippen LogP contribution < -0.4 is 10.9 Å². The quantitative estimate of drug-likeness (QED) is 0.503. The molecule has 108 valence electrons. The molecule has 0 aliphatic rings. The van der Waals surface area contributed by atoms with Gasteiger partial charge in [0.1, 0.15) is 0 Å². The van der Waals surface area contributed by atoms with Crippen LogP contribution in [0.4, 0.5) is 11.4 Å². The monoisotopic (exact) mass is 321 g/mol. The van der Waals surface area contributed by atoms with Gasteiger partial charge in [0.25, 0.3) is 0 Å². The number of ketones is 1. The van der Waals surface area contributed by atoms with E-state index in [0.29, 0.717) is 15.7 Å². The zero-order valence-electron chi connectivity index (χ0n) is 11.2. The summed E-state index contributed by atoms with van der Waals surface area (Å²) in [5.74, 6) is -0.0625. The average molecular weight is 322 g/mol. The van der Waals surface area contributed by atoms with Gasteiger partial charge in [-0.25, -0.2) is 4.99 Å². The van der Waals surface area contributed by atoms with Crippen LogP contribution in [0.1, 0.15) is 6.92 Å². The van der Waals surface area contributed by atoms with E-state index in [1.54, 1.807) is 18.2 Å². The molecule has 0 saturated carbocycles. The van der Waals surface area contributed by atoms with Crippen LogP contribution in [-0.4, -0.2) is 11.6 Å². The van der Waals surface area contributed by atoms with Gasteiger partial charge in [-0.2, -0.15) is 0 Å². The Morgan fingerprint density at radius 2 is 1.81 bits per heavy atom. The third-order valence-electron chi connectivity index (χ3n) is 2.57. The molecule has 2 rings (SSSR count). The first kappa shape index (κ1) is 15.4. The highest BCUT2D eigenvalue weighted by atomic mass is 35.5. The van der Waals surface area contributed by atoms with Gasteiger partial charge in [-0.15, -0.1) is 0 Å². The summed E-state index contributed by atoms with van der Waals surface area (Å²) in [6.07, 6.45) is 0. The summed E-state index contributed by atoms with van der Waals surface area (Å²) in [4.78, 5) is 15.9. The smallest absolute Gasteiger partial charge is 0.196 e. The topological polar surface area (TPSA) is 53.5 Å². The predicted octanol–water partition coefficient (Wildman–Crippen LogP) is 4.23. The standard InChI is InChI=1S/C15H13Cl2N3O/c1-10(21)15(20-19-12-5-3-2-4-6-12)18-14-8-7-11(16)9-13(14)17/h2-9,19H,1H3,(H,18,20). The first-order valence-electron chi connectivity index (χ1n) is 6.18. The summed E-state index contributed by atoms with van der Waals surface area (Å²) in [7, 11) is 0. The van der Waals surface area contributed by atoms with Gasteiger partial charge in [-0.3, -0.25) is 15.6 Å². The first-order chi connectivity index (χ1) is 10.1. The Kier molecular flexibility index (Phi) is 5.20. The van der Waals surface area contributed by atoms with E-state index in [0.717, 1.165) is 5.69 Å². The minimum atomic E-state index is -0.218. The lowest BCUT2D eigenvalue weighted by molar-refractivity contribution is -0.111. The number of anilines is 1. The number of hydrogen-bond acceptors (Lipinski definition) is 3. The number of nitrogens with zero attached hydrogens (tertiary/aromatic N) is 1. The molecule has 0 bridgehead atoms. The first-order valence-corrected chi connectivity index (χ1v) is 6.93. The molecule has 0 radical (unpaired) electrons. The van der Waals surface area contributed by atoms with Crippen molar-refractivity contribution in [2.24, 2.45) is 4.99 Å². The van der Waals surface area contributed by atoms with Gasteiger partial charge in [0, 0.05) is 11.9 Å². The fraction of sp³-hybridized carbons (Fsp3) is 0.0667. The van der Waals surface area contributed by atoms with Gasteiger partial charge in [0.05, 0.1) is 16.4 Å². The molecule has 4 nitrogen and oxygen atoms in total. The Morgan fingerprint density at radius 3 is 2.43 bits per heavy atom. The zero-order valence-corrected chi connectivity index (χ0v) is 12.7. The highest BCUT2D eigenvalue weighted by Gasteiger charge is 2.08. The Labute approximate surface area is 132 Å². The van der Waals surface area contributed by atoms with Gasteiger partial charge < -0.3 is 0 Å². The highest BCUT2D eigenvalue weighted by Crippen LogP contribution is 2.27. The molecule has 6 heteroatoms.